The summed E-state index contributed by atoms with van der Waals surface area (Å²) in [6, 6.07) is 3.35. The van der Waals surface area contributed by atoms with Crippen LogP contribution >= 0.6 is 39.1 Å². The first-order valence-electron chi connectivity index (χ1n) is 5.57. The fourth-order valence-electron chi connectivity index (χ4n) is 1.78. The van der Waals surface area contributed by atoms with E-state index in [0.29, 0.717) is 15.7 Å². The lowest BCUT2D eigenvalue weighted by atomic mass is 9.96. The Balaban J connectivity index is 2.21. The highest BCUT2D eigenvalue weighted by atomic mass is 79.9. The van der Waals surface area contributed by atoms with E-state index < -0.39 is 5.54 Å². The molecule has 3 nitrogen and oxygen atoms in total. The summed E-state index contributed by atoms with van der Waals surface area (Å²) < 4.78 is 0.758. The molecule has 1 unspecified atom stereocenters. The normalized spacial score (nSPS) is 18.3. The lowest BCUT2D eigenvalue weighted by molar-refractivity contribution is -0.121. The molecule has 0 radical (unpaired) electrons. The van der Waals surface area contributed by atoms with Crippen LogP contribution in [-0.2, 0) is 4.79 Å². The van der Waals surface area contributed by atoms with Crippen LogP contribution in [0.3, 0.4) is 0 Å². The van der Waals surface area contributed by atoms with Crippen LogP contribution in [0.5, 0.6) is 0 Å². The fourth-order valence-corrected chi connectivity index (χ4v) is 3.08. The molecule has 0 aromatic heterocycles. The van der Waals surface area contributed by atoms with Crippen molar-refractivity contribution in [3.63, 3.8) is 0 Å². The molecule has 1 aromatic rings. The van der Waals surface area contributed by atoms with Gasteiger partial charge in [0.25, 0.3) is 0 Å². The summed E-state index contributed by atoms with van der Waals surface area (Å²) in [5, 5.41) is 3.49. The number of amides is 1. The summed E-state index contributed by atoms with van der Waals surface area (Å²) in [6.07, 6.45) is 1.98. The van der Waals surface area contributed by atoms with Crippen LogP contribution in [0.25, 0.3) is 0 Å². The maximum absolute atomic E-state index is 12.1. The Morgan fingerprint density at radius 3 is 2.39 bits per heavy atom. The molecule has 3 N–H and O–H groups in total. The quantitative estimate of drug-likeness (QED) is 0.869. The summed E-state index contributed by atoms with van der Waals surface area (Å²) >= 11 is 15.4. The summed E-state index contributed by atoms with van der Waals surface area (Å²) in [4.78, 5) is 12.1. The average Bonchev–Trinajstić information content (AvgIpc) is 3.06. The fraction of sp³-hybridized carbons (Fsp3) is 0.417. The third kappa shape index (κ3) is 2.82. The molecule has 1 amide bonds. The maximum atomic E-state index is 12.1. The van der Waals surface area contributed by atoms with Crippen LogP contribution < -0.4 is 11.1 Å². The summed E-state index contributed by atoms with van der Waals surface area (Å²) in [7, 11) is 0. The second kappa shape index (κ2) is 5.00. The third-order valence-electron chi connectivity index (χ3n) is 3.16. The van der Waals surface area contributed by atoms with E-state index in [-0.39, 0.29) is 11.8 Å². The molecule has 2 rings (SSSR count). The third-order valence-corrected chi connectivity index (χ3v) is 4.21. The predicted molar refractivity (Wildman–Crippen MR) is 78.1 cm³/mol. The highest BCUT2D eigenvalue weighted by molar-refractivity contribution is 9.10. The molecule has 1 aliphatic carbocycles. The molecule has 1 saturated carbocycles. The summed E-state index contributed by atoms with van der Waals surface area (Å²) in [5.74, 6) is -0.0124. The number of nitrogens with two attached hydrogens (primary N) is 1. The molecular formula is C12H13BrCl2N2O. The lowest BCUT2D eigenvalue weighted by Gasteiger charge is -2.23. The first kappa shape index (κ1) is 14.1. The predicted octanol–water partition coefficient (Wildman–Crippen LogP) is 3.82. The first-order valence-corrected chi connectivity index (χ1v) is 7.12. The number of rotatable bonds is 3. The molecule has 1 fully saturated rings. The number of hydrogen-bond acceptors (Lipinski definition) is 2. The van der Waals surface area contributed by atoms with Gasteiger partial charge in [-0.1, -0.05) is 39.1 Å². The van der Waals surface area contributed by atoms with Crippen molar-refractivity contribution in [2.24, 2.45) is 11.7 Å². The lowest BCUT2D eigenvalue weighted by Crippen LogP contribution is -2.50. The van der Waals surface area contributed by atoms with E-state index in [4.69, 9.17) is 28.9 Å². The molecule has 0 bridgehead atoms. The number of halogens is 3. The van der Waals surface area contributed by atoms with Crippen molar-refractivity contribution < 1.29 is 4.79 Å². The zero-order chi connectivity index (χ0) is 13.5. The minimum Gasteiger partial charge on any atom is -0.322 e. The Kier molecular flexibility index (Phi) is 3.93. The van der Waals surface area contributed by atoms with E-state index in [1.807, 2.05) is 0 Å². The Morgan fingerprint density at radius 2 is 1.94 bits per heavy atom. The first-order chi connectivity index (χ1) is 8.32. The molecular weight excluding hydrogens is 339 g/mol. The van der Waals surface area contributed by atoms with Gasteiger partial charge in [-0.2, -0.15) is 0 Å². The number of nitrogens with one attached hydrogen (secondary N) is 1. The molecule has 0 aliphatic heterocycles. The van der Waals surface area contributed by atoms with Gasteiger partial charge in [0.05, 0.1) is 21.3 Å². The van der Waals surface area contributed by atoms with Gasteiger partial charge in [0.15, 0.2) is 0 Å². The SMILES string of the molecule is CC(N)(C(=O)Nc1c(Cl)cc(Br)cc1Cl)C1CC1. The molecule has 18 heavy (non-hydrogen) atoms. The van der Waals surface area contributed by atoms with Gasteiger partial charge < -0.3 is 11.1 Å². The van der Waals surface area contributed by atoms with Crippen LogP contribution in [0.4, 0.5) is 5.69 Å². The Morgan fingerprint density at radius 1 is 1.44 bits per heavy atom. The van der Waals surface area contributed by atoms with E-state index in [1.54, 1.807) is 19.1 Å². The van der Waals surface area contributed by atoms with E-state index in [9.17, 15) is 4.79 Å². The Labute approximate surface area is 124 Å². The molecule has 98 valence electrons. The highest BCUT2D eigenvalue weighted by Crippen LogP contribution is 2.40. The molecule has 1 aromatic carbocycles. The highest BCUT2D eigenvalue weighted by Gasteiger charge is 2.44. The van der Waals surface area contributed by atoms with E-state index in [2.05, 4.69) is 21.2 Å². The van der Waals surface area contributed by atoms with E-state index in [1.165, 1.54) is 0 Å². The van der Waals surface area contributed by atoms with Crippen molar-refractivity contribution >= 4 is 50.7 Å². The smallest absolute Gasteiger partial charge is 0.244 e. The number of hydrogen-bond donors (Lipinski definition) is 2. The van der Waals surface area contributed by atoms with Crippen molar-refractivity contribution in [1.29, 1.82) is 0 Å². The molecule has 0 heterocycles. The zero-order valence-electron chi connectivity index (χ0n) is 9.77. The van der Waals surface area contributed by atoms with Crippen LogP contribution in [0.2, 0.25) is 10.0 Å². The van der Waals surface area contributed by atoms with E-state index in [0.717, 1.165) is 17.3 Å². The monoisotopic (exact) mass is 350 g/mol. The molecule has 6 heteroatoms. The minimum atomic E-state index is -0.875. The van der Waals surface area contributed by atoms with Crippen molar-refractivity contribution in [3.8, 4) is 0 Å². The van der Waals surface area contributed by atoms with Crippen LogP contribution in [0.1, 0.15) is 19.8 Å². The van der Waals surface area contributed by atoms with Crippen molar-refractivity contribution in [2.45, 2.75) is 25.3 Å². The van der Waals surface area contributed by atoms with E-state index >= 15 is 0 Å². The minimum absolute atomic E-state index is 0.241. The molecule has 1 aliphatic rings. The van der Waals surface area contributed by atoms with Gasteiger partial charge in [-0.15, -0.1) is 0 Å². The summed E-state index contributed by atoms with van der Waals surface area (Å²) in [6.45, 7) is 1.74. The number of benzene rings is 1. The Hall–Kier alpha value is -0.290. The van der Waals surface area contributed by atoms with Gasteiger partial charge in [-0.25, -0.2) is 0 Å². The van der Waals surface area contributed by atoms with Crippen LogP contribution in [0.15, 0.2) is 16.6 Å². The number of carbonyl (C=O) groups excluding carboxylic acids is 1. The number of anilines is 1. The molecule has 0 spiro atoms. The second-order valence-corrected chi connectivity index (χ2v) is 6.49. The van der Waals surface area contributed by atoms with Gasteiger partial charge in [-0.3, -0.25) is 4.79 Å². The largest absolute Gasteiger partial charge is 0.322 e. The molecule has 1 atom stereocenters. The van der Waals surface area contributed by atoms with Crippen molar-refractivity contribution in [1.82, 2.24) is 0 Å². The van der Waals surface area contributed by atoms with Crippen molar-refractivity contribution in [3.05, 3.63) is 26.7 Å². The van der Waals surface area contributed by atoms with Crippen molar-refractivity contribution in [2.75, 3.05) is 5.32 Å². The van der Waals surface area contributed by atoms with Gasteiger partial charge in [0, 0.05) is 4.47 Å². The average molecular weight is 352 g/mol. The van der Waals surface area contributed by atoms with Gasteiger partial charge in [-0.05, 0) is 37.8 Å². The summed E-state index contributed by atoms with van der Waals surface area (Å²) in [5.41, 5.74) is 5.57. The standard InChI is InChI=1S/C12H13BrCl2N2O/c1-12(16,6-2-3-6)11(18)17-10-8(14)4-7(13)5-9(10)15/h4-6H,2-3,16H2,1H3,(H,17,18). The topological polar surface area (TPSA) is 55.1 Å². The van der Waals surface area contributed by atoms with Gasteiger partial charge in [0.1, 0.15) is 0 Å². The van der Waals surface area contributed by atoms with Gasteiger partial charge >= 0.3 is 0 Å². The van der Waals surface area contributed by atoms with Gasteiger partial charge in [0.2, 0.25) is 5.91 Å². The zero-order valence-corrected chi connectivity index (χ0v) is 12.9. The van der Waals surface area contributed by atoms with Crippen LogP contribution in [-0.4, -0.2) is 11.4 Å². The second-order valence-electron chi connectivity index (χ2n) is 4.76. The number of carbonyl (C=O) groups is 1. The maximum Gasteiger partial charge on any atom is 0.244 e. The molecule has 0 saturated heterocycles. The Bertz CT molecular complexity index is 478. The van der Waals surface area contributed by atoms with Crippen LogP contribution in [0, 0.1) is 5.92 Å².